The second kappa shape index (κ2) is 5.91. The van der Waals surface area contributed by atoms with Crippen LogP contribution in [0.25, 0.3) is 11.4 Å². The molecule has 0 aliphatic rings. The first-order valence-corrected chi connectivity index (χ1v) is 6.47. The fourth-order valence-corrected chi connectivity index (χ4v) is 1.99. The van der Waals surface area contributed by atoms with Gasteiger partial charge in [0, 0.05) is 11.3 Å². The minimum absolute atomic E-state index is 0.341. The Bertz CT molecular complexity index is 865. The van der Waals surface area contributed by atoms with Crippen LogP contribution in [0, 0.1) is 17.5 Å². The summed E-state index contributed by atoms with van der Waals surface area (Å²) in [6.45, 7) is 0. The summed E-state index contributed by atoms with van der Waals surface area (Å²) in [5.41, 5.74) is 0.396. The van der Waals surface area contributed by atoms with Gasteiger partial charge in [-0.3, -0.25) is 9.89 Å². The maximum atomic E-state index is 13.6. The van der Waals surface area contributed by atoms with Gasteiger partial charge in [-0.15, -0.1) is 0 Å². The number of hydrogen-bond acceptors (Lipinski definition) is 3. The average molecular weight is 318 g/mol. The van der Waals surface area contributed by atoms with E-state index in [1.54, 1.807) is 24.3 Å². The largest absolute Gasteiger partial charge is 0.322 e. The SMILES string of the molecule is O=C(Nc1cccc(-c2ncn[nH]2)c1)c1ccc(F)c(F)c1F. The number of H-pyrrole nitrogens is 1. The summed E-state index contributed by atoms with van der Waals surface area (Å²) >= 11 is 0. The van der Waals surface area contributed by atoms with Crippen molar-refractivity contribution in [1.29, 1.82) is 0 Å². The van der Waals surface area contributed by atoms with Crippen molar-refractivity contribution in [3.05, 3.63) is 65.7 Å². The Labute approximate surface area is 128 Å². The molecule has 0 saturated carbocycles. The van der Waals surface area contributed by atoms with Crippen LogP contribution in [0.5, 0.6) is 0 Å². The number of anilines is 1. The fourth-order valence-electron chi connectivity index (χ4n) is 1.99. The van der Waals surface area contributed by atoms with Gasteiger partial charge in [0.15, 0.2) is 23.3 Å². The molecule has 5 nitrogen and oxygen atoms in total. The van der Waals surface area contributed by atoms with Crippen molar-refractivity contribution >= 4 is 11.6 Å². The third-order valence-corrected chi connectivity index (χ3v) is 3.09. The molecule has 8 heteroatoms. The highest BCUT2D eigenvalue weighted by Crippen LogP contribution is 2.21. The summed E-state index contributed by atoms with van der Waals surface area (Å²) in [4.78, 5) is 16.0. The van der Waals surface area contributed by atoms with Crippen molar-refractivity contribution in [3.8, 4) is 11.4 Å². The summed E-state index contributed by atoms with van der Waals surface area (Å²) in [5.74, 6) is -4.98. The van der Waals surface area contributed by atoms with E-state index in [1.165, 1.54) is 6.33 Å². The van der Waals surface area contributed by atoms with Crippen molar-refractivity contribution < 1.29 is 18.0 Å². The van der Waals surface area contributed by atoms with Gasteiger partial charge in [0.1, 0.15) is 6.33 Å². The zero-order valence-electron chi connectivity index (χ0n) is 11.5. The second-order valence-electron chi connectivity index (χ2n) is 4.59. The third-order valence-electron chi connectivity index (χ3n) is 3.09. The number of aromatic amines is 1. The number of carbonyl (C=O) groups excluding carboxylic acids is 1. The van der Waals surface area contributed by atoms with Gasteiger partial charge < -0.3 is 5.32 Å². The van der Waals surface area contributed by atoms with Gasteiger partial charge in [0.05, 0.1) is 5.56 Å². The predicted molar refractivity (Wildman–Crippen MR) is 76.1 cm³/mol. The zero-order chi connectivity index (χ0) is 16.4. The van der Waals surface area contributed by atoms with Gasteiger partial charge in [-0.05, 0) is 24.3 Å². The van der Waals surface area contributed by atoms with Gasteiger partial charge in [0.25, 0.3) is 5.91 Å². The van der Waals surface area contributed by atoms with E-state index in [0.29, 0.717) is 23.1 Å². The van der Waals surface area contributed by atoms with Gasteiger partial charge in [-0.1, -0.05) is 12.1 Å². The second-order valence-corrected chi connectivity index (χ2v) is 4.59. The first kappa shape index (κ1) is 14.8. The van der Waals surface area contributed by atoms with Gasteiger partial charge >= 0.3 is 0 Å². The summed E-state index contributed by atoms with van der Waals surface area (Å²) in [7, 11) is 0. The van der Waals surface area contributed by atoms with E-state index in [-0.39, 0.29) is 0 Å². The first-order chi connectivity index (χ1) is 11.1. The van der Waals surface area contributed by atoms with Crippen LogP contribution in [-0.4, -0.2) is 21.1 Å². The van der Waals surface area contributed by atoms with Crippen molar-refractivity contribution in [2.45, 2.75) is 0 Å². The molecule has 0 aliphatic carbocycles. The molecule has 1 amide bonds. The number of nitrogens with zero attached hydrogens (tertiary/aromatic N) is 2. The van der Waals surface area contributed by atoms with E-state index in [4.69, 9.17) is 0 Å². The molecule has 0 spiro atoms. The molecule has 0 radical (unpaired) electrons. The van der Waals surface area contributed by atoms with E-state index in [0.717, 1.165) is 6.07 Å². The zero-order valence-corrected chi connectivity index (χ0v) is 11.5. The number of amides is 1. The van der Waals surface area contributed by atoms with E-state index in [2.05, 4.69) is 20.5 Å². The molecule has 0 fully saturated rings. The molecule has 2 N–H and O–H groups in total. The number of halogens is 3. The Kier molecular flexibility index (Phi) is 3.80. The minimum atomic E-state index is -1.69. The molecule has 0 saturated heterocycles. The molecule has 2 aromatic carbocycles. The Morgan fingerprint density at radius 3 is 2.65 bits per heavy atom. The predicted octanol–water partition coefficient (Wildman–Crippen LogP) is 3.14. The highest BCUT2D eigenvalue weighted by atomic mass is 19.2. The summed E-state index contributed by atoms with van der Waals surface area (Å²) in [5, 5.41) is 8.80. The molecule has 23 heavy (non-hydrogen) atoms. The van der Waals surface area contributed by atoms with Gasteiger partial charge in [-0.25, -0.2) is 18.2 Å². The number of nitrogens with one attached hydrogen (secondary N) is 2. The fraction of sp³-hybridized carbons (Fsp3) is 0. The van der Waals surface area contributed by atoms with E-state index in [9.17, 15) is 18.0 Å². The Balaban J connectivity index is 1.86. The lowest BCUT2D eigenvalue weighted by atomic mass is 10.1. The molecule has 1 heterocycles. The molecule has 3 aromatic rings. The average Bonchev–Trinajstić information content (AvgIpc) is 3.07. The smallest absolute Gasteiger partial charge is 0.258 e. The van der Waals surface area contributed by atoms with Crippen LogP contribution in [0.15, 0.2) is 42.7 Å². The number of benzene rings is 2. The van der Waals surface area contributed by atoms with Crippen LogP contribution in [0.4, 0.5) is 18.9 Å². The number of carbonyl (C=O) groups is 1. The Morgan fingerprint density at radius 1 is 1.09 bits per heavy atom. The number of hydrogen-bond donors (Lipinski definition) is 2. The van der Waals surface area contributed by atoms with Crippen LogP contribution in [0.3, 0.4) is 0 Å². The molecule has 0 bridgehead atoms. The minimum Gasteiger partial charge on any atom is -0.322 e. The Morgan fingerprint density at radius 2 is 1.91 bits per heavy atom. The molecule has 0 unspecified atom stereocenters. The molecule has 1 aromatic heterocycles. The normalized spacial score (nSPS) is 10.6. The highest BCUT2D eigenvalue weighted by molar-refractivity contribution is 6.04. The molecular weight excluding hydrogens is 309 g/mol. The van der Waals surface area contributed by atoms with Crippen LogP contribution < -0.4 is 5.32 Å². The highest BCUT2D eigenvalue weighted by Gasteiger charge is 2.19. The number of rotatable bonds is 3. The first-order valence-electron chi connectivity index (χ1n) is 6.47. The van der Waals surface area contributed by atoms with E-state index in [1.807, 2.05) is 0 Å². The summed E-state index contributed by atoms with van der Waals surface area (Å²) in [6.07, 6.45) is 1.33. The molecular formula is C15H9F3N4O. The maximum Gasteiger partial charge on any atom is 0.258 e. The monoisotopic (exact) mass is 318 g/mol. The van der Waals surface area contributed by atoms with Crippen molar-refractivity contribution in [3.63, 3.8) is 0 Å². The maximum absolute atomic E-state index is 13.6. The van der Waals surface area contributed by atoms with Crippen LogP contribution in [-0.2, 0) is 0 Å². The summed E-state index contributed by atoms with van der Waals surface area (Å²) in [6, 6.07) is 8.09. The van der Waals surface area contributed by atoms with E-state index >= 15 is 0 Å². The third kappa shape index (κ3) is 2.91. The van der Waals surface area contributed by atoms with Crippen molar-refractivity contribution in [1.82, 2.24) is 15.2 Å². The van der Waals surface area contributed by atoms with Crippen LogP contribution in [0.1, 0.15) is 10.4 Å². The lowest BCUT2D eigenvalue weighted by Crippen LogP contribution is -2.15. The Hall–Kier alpha value is -3.16. The van der Waals surface area contributed by atoms with Crippen molar-refractivity contribution in [2.75, 3.05) is 5.32 Å². The lowest BCUT2D eigenvalue weighted by molar-refractivity contribution is 0.102. The van der Waals surface area contributed by atoms with Crippen molar-refractivity contribution in [2.24, 2.45) is 0 Å². The van der Waals surface area contributed by atoms with Crippen LogP contribution in [0.2, 0.25) is 0 Å². The van der Waals surface area contributed by atoms with Crippen LogP contribution >= 0.6 is 0 Å². The topological polar surface area (TPSA) is 70.7 Å². The van der Waals surface area contributed by atoms with E-state index < -0.39 is 28.9 Å². The quantitative estimate of drug-likeness (QED) is 0.729. The lowest BCUT2D eigenvalue weighted by Gasteiger charge is -2.08. The number of aromatic nitrogens is 3. The molecule has 3 rings (SSSR count). The standard InChI is InChI=1S/C15H9F3N4O/c16-11-5-4-10(12(17)13(11)18)15(23)21-9-3-1-2-8(6-9)14-19-7-20-22-14/h1-7H,(H,21,23)(H,19,20,22). The summed E-state index contributed by atoms with van der Waals surface area (Å²) < 4.78 is 39.7. The molecule has 0 aliphatic heterocycles. The van der Waals surface area contributed by atoms with Gasteiger partial charge in [0.2, 0.25) is 0 Å². The van der Waals surface area contributed by atoms with Gasteiger partial charge in [-0.2, -0.15) is 5.10 Å². The molecule has 116 valence electrons. The molecule has 0 atom stereocenters.